The second-order valence-corrected chi connectivity index (χ2v) is 3.94. The lowest BCUT2D eigenvalue weighted by Crippen LogP contribution is -2.18. The van der Waals surface area contributed by atoms with Crippen molar-refractivity contribution in [2.45, 2.75) is 19.4 Å². The van der Waals surface area contributed by atoms with Gasteiger partial charge in [0.1, 0.15) is 5.76 Å². The number of nitrogens with one attached hydrogen (secondary N) is 1. The smallest absolute Gasteiger partial charge is 0.171 e. The fourth-order valence-electron chi connectivity index (χ4n) is 1.63. The lowest BCUT2D eigenvalue weighted by molar-refractivity contribution is 0.497. The van der Waals surface area contributed by atoms with Crippen molar-refractivity contribution < 1.29 is 4.42 Å². The first kappa shape index (κ1) is 10.6. The standard InChI is InChI=1S/C11H16N4O/c1-8(6-9-4-3-5-16-9)13-11-10(12)7-15(2)14-11/h3-5,7-8H,6,12H2,1-2H3,(H,13,14). The third-order valence-electron chi connectivity index (χ3n) is 2.33. The Balaban J connectivity index is 1.97. The van der Waals surface area contributed by atoms with Crippen LogP contribution < -0.4 is 11.1 Å². The summed E-state index contributed by atoms with van der Waals surface area (Å²) >= 11 is 0. The average molecular weight is 220 g/mol. The van der Waals surface area contributed by atoms with E-state index in [1.54, 1.807) is 17.1 Å². The molecule has 1 unspecified atom stereocenters. The normalized spacial score (nSPS) is 12.6. The molecule has 2 rings (SSSR count). The summed E-state index contributed by atoms with van der Waals surface area (Å²) in [4.78, 5) is 0. The van der Waals surface area contributed by atoms with E-state index in [0.717, 1.165) is 18.0 Å². The Morgan fingerprint density at radius 2 is 2.44 bits per heavy atom. The van der Waals surface area contributed by atoms with Crippen molar-refractivity contribution in [2.24, 2.45) is 7.05 Å². The number of aryl methyl sites for hydroxylation is 1. The number of anilines is 2. The summed E-state index contributed by atoms with van der Waals surface area (Å²) in [6.07, 6.45) is 4.27. The molecule has 5 heteroatoms. The zero-order valence-electron chi connectivity index (χ0n) is 9.47. The van der Waals surface area contributed by atoms with E-state index >= 15 is 0 Å². The maximum Gasteiger partial charge on any atom is 0.171 e. The highest BCUT2D eigenvalue weighted by atomic mass is 16.3. The van der Waals surface area contributed by atoms with Gasteiger partial charge in [-0.3, -0.25) is 4.68 Å². The Morgan fingerprint density at radius 3 is 3.00 bits per heavy atom. The van der Waals surface area contributed by atoms with E-state index in [9.17, 15) is 0 Å². The predicted molar refractivity (Wildman–Crippen MR) is 63.1 cm³/mol. The van der Waals surface area contributed by atoms with Crippen LogP contribution in [0, 0.1) is 0 Å². The van der Waals surface area contributed by atoms with Gasteiger partial charge in [-0.15, -0.1) is 0 Å². The number of aromatic nitrogens is 2. The van der Waals surface area contributed by atoms with Crippen LogP contribution in [0.2, 0.25) is 0 Å². The lowest BCUT2D eigenvalue weighted by atomic mass is 10.2. The molecular weight excluding hydrogens is 204 g/mol. The summed E-state index contributed by atoms with van der Waals surface area (Å²) in [6, 6.07) is 4.07. The van der Waals surface area contributed by atoms with Crippen LogP contribution in [0.3, 0.4) is 0 Å². The van der Waals surface area contributed by atoms with Crippen molar-refractivity contribution in [1.29, 1.82) is 0 Å². The molecule has 2 aromatic heterocycles. The molecule has 0 aromatic carbocycles. The number of hydrogen-bond acceptors (Lipinski definition) is 4. The molecule has 0 spiro atoms. The van der Waals surface area contributed by atoms with Gasteiger partial charge in [0.2, 0.25) is 0 Å². The van der Waals surface area contributed by atoms with E-state index in [1.807, 2.05) is 19.2 Å². The van der Waals surface area contributed by atoms with Gasteiger partial charge in [-0.1, -0.05) is 0 Å². The molecule has 3 N–H and O–H groups in total. The van der Waals surface area contributed by atoms with Crippen molar-refractivity contribution >= 4 is 11.5 Å². The molecular formula is C11H16N4O. The van der Waals surface area contributed by atoms with Crippen molar-refractivity contribution in [3.05, 3.63) is 30.4 Å². The van der Waals surface area contributed by atoms with E-state index in [4.69, 9.17) is 10.2 Å². The molecule has 0 saturated heterocycles. The summed E-state index contributed by atoms with van der Waals surface area (Å²) < 4.78 is 6.97. The topological polar surface area (TPSA) is 69.0 Å². The fourth-order valence-corrected chi connectivity index (χ4v) is 1.63. The van der Waals surface area contributed by atoms with Crippen LogP contribution in [0.4, 0.5) is 11.5 Å². The maximum atomic E-state index is 5.79. The second-order valence-electron chi connectivity index (χ2n) is 3.94. The monoisotopic (exact) mass is 220 g/mol. The maximum absolute atomic E-state index is 5.79. The predicted octanol–water partition coefficient (Wildman–Crippen LogP) is 1.64. The van der Waals surface area contributed by atoms with Crippen LogP contribution in [0.5, 0.6) is 0 Å². The van der Waals surface area contributed by atoms with Crippen molar-refractivity contribution in [1.82, 2.24) is 9.78 Å². The fraction of sp³-hybridized carbons (Fsp3) is 0.364. The van der Waals surface area contributed by atoms with Crippen molar-refractivity contribution in [2.75, 3.05) is 11.1 Å². The highest BCUT2D eigenvalue weighted by molar-refractivity contribution is 5.60. The van der Waals surface area contributed by atoms with E-state index in [0.29, 0.717) is 5.69 Å². The molecule has 5 nitrogen and oxygen atoms in total. The molecule has 0 amide bonds. The Hall–Kier alpha value is -1.91. The molecule has 0 aliphatic carbocycles. The van der Waals surface area contributed by atoms with Gasteiger partial charge in [0.25, 0.3) is 0 Å². The van der Waals surface area contributed by atoms with Gasteiger partial charge in [0.05, 0.1) is 12.0 Å². The minimum Gasteiger partial charge on any atom is -0.469 e. The van der Waals surface area contributed by atoms with Gasteiger partial charge in [-0.25, -0.2) is 0 Å². The molecule has 0 bridgehead atoms. The van der Waals surface area contributed by atoms with Gasteiger partial charge in [0, 0.05) is 25.7 Å². The minimum absolute atomic E-state index is 0.225. The molecule has 0 fully saturated rings. The molecule has 86 valence electrons. The van der Waals surface area contributed by atoms with Gasteiger partial charge >= 0.3 is 0 Å². The Labute approximate surface area is 94.2 Å². The van der Waals surface area contributed by atoms with Gasteiger partial charge in [-0.2, -0.15) is 5.10 Å². The van der Waals surface area contributed by atoms with Crippen LogP contribution in [-0.4, -0.2) is 15.8 Å². The van der Waals surface area contributed by atoms with Crippen LogP contribution in [-0.2, 0) is 13.5 Å². The van der Waals surface area contributed by atoms with Gasteiger partial charge < -0.3 is 15.5 Å². The van der Waals surface area contributed by atoms with Crippen LogP contribution >= 0.6 is 0 Å². The number of nitrogen functional groups attached to an aromatic ring is 1. The number of hydrogen-bond donors (Lipinski definition) is 2. The minimum atomic E-state index is 0.225. The molecule has 16 heavy (non-hydrogen) atoms. The summed E-state index contributed by atoms with van der Waals surface area (Å²) in [5.41, 5.74) is 6.45. The first-order chi connectivity index (χ1) is 7.65. The molecule has 0 radical (unpaired) electrons. The second kappa shape index (κ2) is 4.30. The molecule has 2 heterocycles. The van der Waals surface area contributed by atoms with E-state index in [1.165, 1.54) is 0 Å². The van der Waals surface area contributed by atoms with Crippen molar-refractivity contribution in [3.63, 3.8) is 0 Å². The summed E-state index contributed by atoms with van der Waals surface area (Å²) in [6.45, 7) is 2.07. The van der Waals surface area contributed by atoms with Crippen LogP contribution in [0.1, 0.15) is 12.7 Å². The van der Waals surface area contributed by atoms with Crippen LogP contribution in [0.15, 0.2) is 29.0 Å². The quantitative estimate of drug-likeness (QED) is 0.821. The van der Waals surface area contributed by atoms with Gasteiger partial charge in [0.15, 0.2) is 5.82 Å². The SMILES string of the molecule is CC(Cc1ccco1)Nc1nn(C)cc1N. The van der Waals surface area contributed by atoms with E-state index in [2.05, 4.69) is 17.3 Å². The van der Waals surface area contributed by atoms with E-state index < -0.39 is 0 Å². The Kier molecular flexibility index (Phi) is 2.85. The summed E-state index contributed by atoms with van der Waals surface area (Å²) in [5.74, 6) is 1.68. The molecule has 0 aliphatic rings. The molecule has 0 saturated carbocycles. The first-order valence-electron chi connectivity index (χ1n) is 5.23. The number of nitrogens with zero attached hydrogens (tertiary/aromatic N) is 2. The van der Waals surface area contributed by atoms with Gasteiger partial charge in [-0.05, 0) is 19.1 Å². The molecule has 2 aromatic rings. The summed E-state index contributed by atoms with van der Waals surface area (Å²) in [5, 5.41) is 7.48. The average Bonchev–Trinajstić information content (AvgIpc) is 2.78. The third-order valence-corrected chi connectivity index (χ3v) is 2.33. The first-order valence-corrected chi connectivity index (χ1v) is 5.23. The highest BCUT2D eigenvalue weighted by Crippen LogP contribution is 2.16. The molecule has 1 atom stereocenters. The largest absolute Gasteiger partial charge is 0.469 e. The third kappa shape index (κ3) is 2.36. The zero-order chi connectivity index (χ0) is 11.5. The number of rotatable bonds is 4. The van der Waals surface area contributed by atoms with Crippen LogP contribution in [0.25, 0.3) is 0 Å². The lowest BCUT2D eigenvalue weighted by Gasteiger charge is -2.11. The number of nitrogens with two attached hydrogens (primary N) is 1. The van der Waals surface area contributed by atoms with Crippen molar-refractivity contribution in [3.8, 4) is 0 Å². The molecule has 0 aliphatic heterocycles. The zero-order valence-corrected chi connectivity index (χ0v) is 9.47. The van der Waals surface area contributed by atoms with E-state index in [-0.39, 0.29) is 6.04 Å². The summed E-state index contributed by atoms with van der Waals surface area (Å²) in [7, 11) is 1.85. The Morgan fingerprint density at radius 1 is 1.62 bits per heavy atom. The number of furan rings is 1. The highest BCUT2D eigenvalue weighted by Gasteiger charge is 2.09. The Bertz CT molecular complexity index is 447.